The predicted molar refractivity (Wildman–Crippen MR) is 56.1 cm³/mol. The molecule has 15 heavy (non-hydrogen) atoms. The third kappa shape index (κ3) is 2.90. The Morgan fingerprint density at radius 2 is 2.20 bits per heavy atom. The van der Waals surface area contributed by atoms with Crippen molar-refractivity contribution in [2.75, 3.05) is 6.61 Å². The Bertz CT molecular complexity index is 353. The van der Waals surface area contributed by atoms with Crippen molar-refractivity contribution in [3.8, 4) is 5.75 Å². The van der Waals surface area contributed by atoms with Gasteiger partial charge in [-0.15, -0.1) is 0 Å². The molecule has 0 aliphatic heterocycles. The molecule has 0 aliphatic rings. The number of nitro groups is 1. The maximum absolute atomic E-state index is 10.5. The Balaban J connectivity index is 3.02. The summed E-state index contributed by atoms with van der Waals surface area (Å²) in [7, 11) is 0. The number of nitrogens with zero attached hydrogens (tertiary/aromatic N) is 2. The van der Waals surface area contributed by atoms with Crippen LogP contribution in [0.4, 0.5) is 5.82 Å². The van der Waals surface area contributed by atoms with Gasteiger partial charge in [-0.2, -0.15) is 0 Å². The summed E-state index contributed by atoms with van der Waals surface area (Å²) in [5.41, 5.74) is 0.661. The average Bonchev–Trinajstić information content (AvgIpc) is 2.21. The highest BCUT2D eigenvalue weighted by Gasteiger charge is 2.15. The van der Waals surface area contributed by atoms with Crippen LogP contribution >= 0.6 is 0 Å². The Morgan fingerprint density at radius 1 is 1.47 bits per heavy atom. The van der Waals surface area contributed by atoms with E-state index in [9.17, 15) is 10.1 Å². The highest BCUT2D eigenvalue weighted by Crippen LogP contribution is 2.21. The van der Waals surface area contributed by atoms with Crippen LogP contribution in [0.1, 0.15) is 26.0 Å². The highest BCUT2D eigenvalue weighted by atomic mass is 16.6. The summed E-state index contributed by atoms with van der Waals surface area (Å²) in [6.45, 7) is 4.41. The lowest BCUT2D eigenvalue weighted by molar-refractivity contribution is -0.389. The Kier molecular flexibility index (Phi) is 4.03. The summed E-state index contributed by atoms with van der Waals surface area (Å²) in [4.78, 5) is 14.0. The quantitative estimate of drug-likeness (QED) is 0.552. The van der Waals surface area contributed by atoms with Gasteiger partial charge in [0, 0.05) is 12.5 Å². The Labute approximate surface area is 88.2 Å². The van der Waals surface area contributed by atoms with Gasteiger partial charge in [-0.05, 0) is 29.3 Å². The molecule has 0 unspecified atom stereocenters. The van der Waals surface area contributed by atoms with Crippen LogP contribution < -0.4 is 4.74 Å². The maximum atomic E-state index is 10.5. The van der Waals surface area contributed by atoms with E-state index in [1.165, 1.54) is 6.07 Å². The average molecular weight is 210 g/mol. The molecule has 0 saturated carbocycles. The minimum absolute atomic E-state index is 0.123. The number of hydrogen-bond acceptors (Lipinski definition) is 4. The molecule has 0 bridgehead atoms. The SMILES string of the molecule is CCCc1nc([N+](=O)[O-])ccc1OCC. The van der Waals surface area contributed by atoms with Gasteiger partial charge in [-0.1, -0.05) is 6.92 Å². The predicted octanol–water partition coefficient (Wildman–Crippen LogP) is 2.34. The third-order valence-electron chi connectivity index (χ3n) is 1.89. The lowest BCUT2D eigenvalue weighted by Gasteiger charge is -2.04. The van der Waals surface area contributed by atoms with Gasteiger partial charge in [0.25, 0.3) is 0 Å². The molecule has 0 amide bonds. The fourth-order valence-corrected chi connectivity index (χ4v) is 1.28. The van der Waals surface area contributed by atoms with E-state index in [1.807, 2.05) is 13.8 Å². The standard InChI is InChI=1S/C10H14N2O3/c1-3-5-8-9(15-4-2)6-7-10(11-8)12(13)14/h6-7H,3-5H2,1-2H3. The van der Waals surface area contributed by atoms with Gasteiger partial charge in [0.15, 0.2) is 11.4 Å². The van der Waals surface area contributed by atoms with Crippen molar-refractivity contribution in [1.29, 1.82) is 0 Å². The monoisotopic (exact) mass is 210 g/mol. The van der Waals surface area contributed by atoms with Crippen molar-refractivity contribution in [3.63, 3.8) is 0 Å². The minimum atomic E-state index is -0.491. The van der Waals surface area contributed by atoms with E-state index in [-0.39, 0.29) is 5.82 Å². The second-order valence-electron chi connectivity index (χ2n) is 3.05. The molecule has 0 saturated heterocycles. The zero-order chi connectivity index (χ0) is 11.3. The smallest absolute Gasteiger partial charge is 0.363 e. The fourth-order valence-electron chi connectivity index (χ4n) is 1.28. The number of pyridine rings is 1. The summed E-state index contributed by atoms with van der Waals surface area (Å²) >= 11 is 0. The summed E-state index contributed by atoms with van der Waals surface area (Å²) < 4.78 is 5.34. The van der Waals surface area contributed by atoms with Crippen molar-refractivity contribution < 1.29 is 9.66 Å². The lowest BCUT2D eigenvalue weighted by atomic mass is 10.2. The first kappa shape index (κ1) is 11.4. The number of rotatable bonds is 5. The first-order valence-electron chi connectivity index (χ1n) is 4.96. The van der Waals surface area contributed by atoms with Gasteiger partial charge in [0.1, 0.15) is 0 Å². The van der Waals surface area contributed by atoms with E-state index < -0.39 is 4.92 Å². The molecular weight excluding hydrogens is 196 g/mol. The van der Waals surface area contributed by atoms with E-state index in [4.69, 9.17) is 4.74 Å². The number of aromatic nitrogens is 1. The second kappa shape index (κ2) is 5.29. The van der Waals surface area contributed by atoms with E-state index in [0.717, 1.165) is 6.42 Å². The van der Waals surface area contributed by atoms with Gasteiger partial charge in [-0.25, -0.2) is 0 Å². The van der Waals surface area contributed by atoms with Crippen LogP contribution in [0.3, 0.4) is 0 Å². The van der Waals surface area contributed by atoms with Gasteiger partial charge >= 0.3 is 5.82 Å². The van der Waals surface area contributed by atoms with Crippen LogP contribution in [0.5, 0.6) is 5.75 Å². The molecule has 82 valence electrons. The highest BCUT2D eigenvalue weighted by molar-refractivity contribution is 5.34. The van der Waals surface area contributed by atoms with Crippen molar-refractivity contribution in [1.82, 2.24) is 4.98 Å². The van der Waals surface area contributed by atoms with E-state index in [1.54, 1.807) is 6.07 Å². The third-order valence-corrected chi connectivity index (χ3v) is 1.89. The molecule has 0 aromatic carbocycles. The van der Waals surface area contributed by atoms with Crippen molar-refractivity contribution >= 4 is 5.82 Å². The first-order valence-corrected chi connectivity index (χ1v) is 4.96. The zero-order valence-corrected chi connectivity index (χ0v) is 8.90. The van der Waals surface area contributed by atoms with Crippen molar-refractivity contribution in [2.24, 2.45) is 0 Å². The molecule has 1 rings (SSSR count). The topological polar surface area (TPSA) is 65.3 Å². The van der Waals surface area contributed by atoms with Crippen LogP contribution in [0, 0.1) is 10.1 Å². The van der Waals surface area contributed by atoms with E-state index in [0.29, 0.717) is 24.5 Å². The lowest BCUT2D eigenvalue weighted by Crippen LogP contribution is -2.01. The maximum Gasteiger partial charge on any atom is 0.363 e. The van der Waals surface area contributed by atoms with E-state index >= 15 is 0 Å². The normalized spacial score (nSPS) is 10.0. The Hall–Kier alpha value is -1.65. The number of hydrogen-bond donors (Lipinski definition) is 0. The first-order chi connectivity index (χ1) is 7.19. The molecule has 1 aromatic heterocycles. The van der Waals surface area contributed by atoms with Gasteiger partial charge < -0.3 is 14.9 Å². The summed E-state index contributed by atoms with van der Waals surface area (Å²) in [6.07, 6.45) is 1.57. The van der Waals surface area contributed by atoms with Crippen LogP contribution in [0.25, 0.3) is 0 Å². The van der Waals surface area contributed by atoms with Gasteiger partial charge in [-0.3, -0.25) is 0 Å². The summed E-state index contributed by atoms with van der Waals surface area (Å²) in [6, 6.07) is 2.98. The van der Waals surface area contributed by atoms with Gasteiger partial charge in [0.2, 0.25) is 0 Å². The van der Waals surface area contributed by atoms with Crippen LogP contribution in [-0.2, 0) is 6.42 Å². The van der Waals surface area contributed by atoms with Crippen LogP contribution in [0.2, 0.25) is 0 Å². The van der Waals surface area contributed by atoms with Crippen molar-refractivity contribution in [3.05, 3.63) is 27.9 Å². The van der Waals surface area contributed by atoms with Crippen molar-refractivity contribution in [2.45, 2.75) is 26.7 Å². The molecule has 0 spiro atoms. The van der Waals surface area contributed by atoms with Crippen LogP contribution in [-0.4, -0.2) is 16.5 Å². The summed E-state index contributed by atoms with van der Waals surface area (Å²) in [5, 5.41) is 10.5. The molecule has 1 heterocycles. The number of ether oxygens (including phenoxy) is 1. The molecule has 0 fully saturated rings. The second-order valence-corrected chi connectivity index (χ2v) is 3.05. The molecule has 5 heteroatoms. The van der Waals surface area contributed by atoms with E-state index in [2.05, 4.69) is 4.98 Å². The molecular formula is C10H14N2O3. The van der Waals surface area contributed by atoms with Crippen LogP contribution in [0.15, 0.2) is 12.1 Å². The molecule has 1 aromatic rings. The minimum Gasteiger partial charge on any atom is -0.490 e. The molecule has 0 aliphatic carbocycles. The van der Waals surface area contributed by atoms with Gasteiger partial charge in [0.05, 0.1) is 6.61 Å². The molecule has 0 radical (unpaired) electrons. The zero-order valence-electron chi connectivity index (χ0n) is 8.90. The molecule has 0 N–H and O–H groups in total. The molecule has 0 atom stereocenters. The summed E-state index contributed by atoms with van der Waals surface area (Å²) in [5.74, 6) is 0.520. The Morgan fingerprint density at radius 3 is 2.73 bits per heavy atom. The fraction of sp³-hybridized carbons (Fsp3) is 0.500. The molecule has 5 nitrogen and oxygen atoms in total. The number of aryl methyl sites for hydroxylation is 1. The largest absolute Gasteiger partial charge is 0.490 e.